The van der Waals surface area contributed by atoms with Crippen molar-refractivity contribution in [3.63, 3.8) is 0 Å². The SMILES string of the molecule is CCNC(=O)[C@H]1O[C@@H](n2cnc3c(NC4CCC(NC(=O)N5CCC(Nc6nc(N7CC[C@@H](N(C)C)C7)nc7c6ncn7[C@@H]6O[C@H](C(=O)NCC)[C@@H](O)[C@H]6O)CC5)CC4)nc(N4CC[C@@H](N(C)C)C4)nc32)[C@H](O)[C@@H]1O. The van der Waals surface area contributed by atoms with E-state index in [1.807, 2.05) is 4.90 Å². The summed E-state index contributed by atoms with van der Waals surface area (Å²) in [6, 6.07) is 0.480. The third-order valence-corrected chi connectivity index (χ3v) is 15.9. The van der Waals surface area contributed by atoms with Crippen molar-refractivity contribution in [3.05, 3.63) is 12.7 Å². The number of fused-ring (bicyclic) bond motifs is 2. The van der Waals surface area contributed by atoms with E-state index in [0.29, 0.717) is 104 Å². The van der Waals surface area contributed by atoms with Crippen molar-refractivity contribution in [2.75, 3.05) is 101 Å². The van der Waals surface area contributed by atoms with Gasteiger partial charge in [-0.2, -0.15) is 19.9 Å². The molecule has 5 saturated heterocycles. The molecule has 5 aliphatic heterocycles. The normalized spacial score (nSPS) is 30.6. The molecule has 6 fully saturated rings. The average molecular weight is 1050 g/mol. The van der Waals surface area contributed by atoms with Crippen LogP contribution in [0.4, 0.5) is 28.3 Å². The summed E-state index contributed by atoms with van der Waals surface area (Å²) in [6.45, 7) is 8.18. The van der Waals surface area contributed by atoms with Gasteiger partial charge in [-0.3, -0.25) is 18.7 Å². The van der Waals surface area contributed by atoms with Gasteiger partial charge in [-0.15, -0.1) is 0 Å². The number of amides is 4. The molecule has 0 spiro atoms. The highest BCUT2D eigenvalue weighted by Gasteiger charge is 2.49. The van der Waals surface area contributed by atoms with Crippen LogP contribution in [0.5, 0.6) is 0 Å². The molecule has 75 heavy (non-hydrogen) atoms. The molecule has 9 heterocycles. The number of aliphatic hydroxyl groups excluding tert-OH is 4. The first kappa shape index (κ1) is 52.6. The Kier molecular flexibility index (Phi) is 15.5. The molecule has 10 rings (SSSR count). The lowest BCUT2D eigenvalue weighted by Crippen LogP contribution is -2.50. The van der Waals surface area contributed by atoms with Gasteiger partial charge in [0.2, 0.25) is 11.9 Å². The zero-order valence-electron chi connectivity index (χ0n) is 43.6. The predicted molar refractivity (Wildman–Crippen MR) is 275 cm³/mol. The fourth-order valence-corrected chi connectivity index (χ4v) is 11.4. The Labute approximate surface area is 434 Å². The van der Waals surface area contributed by atoms with Crippen molar-refractivity contribution >= 4 is 63.7 Å². The van der Waals surface area contributed by atoms with Gasteiger partial charge in [-0.05, 0) is 93.4 Å². The molecule has 4 amide bonds. The number of aromatic nitrogens is 8. The Morgan fingerprint density at radius 1 is 0.587 bits per heavy atom. The number of nitrogens with zero attached hydrogens (tertiary/aromatic N) is 13. The molecule has 6 aliphatic rings. The quantitative estimate of drug-likeness (QED) is 0.0673. The maximum Gasteiger partial charge on any atom is 0.317 e. The third-order valence-electron chi connectivity index (χ3n) is 15.9. The molecule has 1 saturated carbocycles. The van der Waals surface area contributed by atoms with E-state index in [1.54, 1.807) is 23.0 Å². The van der Waals surface area contributed by atoms with Crippen molar-refractivity contribution in [2.24, 2.45) is 0 Å². The number of piperidine rings is 1. The van der Waals surface area contributed by atoms with E-state index >= 15 is 0 Å². The first-order valence-corrected chi connectivity index (χ1v) is 26.6. The molecule has 4 aromatic heterocycles. The number of hydrogen-bond acceptors (Lipinski definition) is 21. The summed E-state index contributed by atoms with van der Waals surface area (Å²) in [5.74, 6) is 1.01. The molecule has 27 heteroatoms. The lowest BCUT2D eigenvalue weighted by Gasteiger charge is -2.35. The van der Waals surface area contributed by atoms with Gasteiger partial charge in [0.1, 0.15) is 24.4 Å². The number of ether oxygens (including phenoxy) is 2. The highest BCUT2D eigenvalue weighted by molar-refractivity contribution is 5.86. The van der Waals surface area contributed by atoms with Crippen LogP contribution in [0.1, 0.15) is 77.7 Å². The second kappa shape index (κ2) is 22.0. The van der Waals surface area contributed by atoms with E-state index in [1.165, 1.54) is 12.7 Å². The van der Waals surface area contributed by atoms with Gasteiger partial charge in [0.15, 0.2) is 58.6 Å². The zero-order valence-corrected chi connectivity index (χ0v) is 43.6. The fourth-order valence-electron chi connectivity index (χ4n) is 11.4. The van der Waals surface area contributed by atoms with E-state index < -0.39 is 60.9 Å². The van der Waals surface area contributed by atoms with Crippen LogP contribution in [-0.2, 0) is 19.1 Å². The minimum atomic E-state index is -1.46. The molecule has 4 aromatic rings. The Morgan fingerprint density at radius 3 is 1.43 bits per heavy atom. The molecule has 10 atom stereocenters. The largest absolute Gasteiger partial charge is 0.387 e. The second-order valence-corrected chi connectivity index (χ2v) is 21.3. The second-order valence-electron chi connectivity index (χ2n) is 21.3. The minimum Gasteiger partial charge on any atom is -0.387 e. The minimum absolute atomic E-state index is 0.0213. The van der Waals surface area contributed by atoms with Crippen LogP contribution in [0.15, 0.2) is 12.7 Å². The van der Waals surface area contributed by atoms with Gasteiger partial charge < -0.3 is 81.0 Å². The Morgan fingerprint density at radius 2 is 1.01 bits per heavy atom. The molecule has 1 aliphatic carbocycles. The van der Waals surface area contributed by atoms with E-state index in [9.17, 15) is 34.8 Å². The smallest absolute Gasteiger partial charge is 0.317 e. The number of likely N-dealkylation sites (tertiary alicyclic amines) is 1. The molecular formula is C48H74N18O9. The fraction of sp³-hybridized carbons (Fsp3) is 0.729. The molecule has 0 bridgehead atoms. The van der Waals surface area contributed by atoms with Crippen LogP contribution in [0, 0.1) is 0 Å². The van der Waals surface area contributed by atoms with Crippen LogP contribution >= 0.6 is 0 Å². The first-order chi connectivity index (χ1) is 36.1. The predicted octanol–water partition coefficient (Wildman–Crippen LogP) is -1.23. The summed E-state index contributed by atoms with van der Waals surface area (Å²) in [7, 11) is 8.21. The number of rotatable bonds is 15. The molecular weight excluding hydrogens is 973 g/mol. The monoisotopic (exact) mass is 1050 g/mol. The van der Waals surface area contributed by atoms with Crippen molar-refractivity contribution in [2.45, 2.75) is 145 Å². The van der Waals surface area contributed by atoms with E-state index in [4.69, 9.17) is 29.4 Å². The van der Waals surface area contributed by atoms with Crippen molar-refractivity contribution in [3.8, 4) is 0 Å². The summed E-state index contributed by atoms with van der Waals surface area (Å²) in [6.07, 6.45) is -1.33. The Balaban J connectivity index is 0.776. The average Bonchev–Trinajstić information content (AvgIpc) is 4.28. The maximum atomic E-state index is 13.8. The van der Waals surface area contributed by atoms with Gasteiger partial charge in [0.05, 0.1) is 12.7 Å². The van der Waals surface area contributed by atoms with Crippen molar-refractivity contribution in [1.82, 2.24) is 69.7 Å². The standard InChI is InChI=1S/C48H74N18O9/c1-7-49-42(71)36-32(67)34(69)44(74-36)65-23-51-30-38(56-46(58-40(30)65)63-19-15-28(21-63)60(3)4)53-25-9-11-26(12-10-25)55-48(73)62-17-13-27(14-18-62)54-39-31-41(59-47(57-39)64-20-16-29(22-64)61(5)6)66(24-52-31)45-35(70)33(68)37(75-45)43(72)50-8-2/h23-29,32-37,44-45,67-70H,7-22H2,1-6H3,(H,49,71)(H,50,72)(H,55,73)(H,53,56,58)(H,54,57,59)/t25?,26?,28-,29-,32+,33+,34-,35-,36+,37+,44-,45-/m1/s1. The summed E-state index contributed by atoms with van der Waals surface area (Å²) in [5, 5.41) is 59.8. The number of anilines is 4. The molecule has 0 aromatic carbocycles. The molecule has 410 valence electrons. The lowest BCUT2D eigenvalue weighted by molar-refractivity contribution is -0.138. The highest BCUT2D eigenvalue weighted by atomic mass is 16.6. The maximum absolute atomic E-state index is 13.8. The Hall–Kier alpha value is -5.81. The van der Waals surface area contributed by atoms with Gasteiger partial charge in [-0.1, -0.05) is 0 Å². The summed E-state index contributed by atoms with van der Waals surface area (Å²) in [5.41, 5.74) is 1.72. The van der Waals surface area contributed by atoms with Gasteiger partial charge in [0.25, 0.3) is 11.8 Å². The number of carbonyl (C=O) groups is 3. The van der Waals surface area contributed by atoms with Gasteiger partial charge in [-0.25, -0.2) is 14.8 Å². The van der Waals surface area contributed by atoms with Crippen molar-refractivity contribution in [1.29, 1.82) is 0 Å². The number of nitrogens with one attached hydrogen (secondary N) is 5. The number of hydrogen-bond donors (Lipinski definition) is 9. The van der Waals surface area contributed by atoms with E-state index in [2.05, 4.69) is 84.3 Å². The zero-order chi connectivity index (χ0) is 52.8. The van der Waals surface area contributed by atoms with E-state index in [0.717, 1.165) is 58.2 Å². The lowest BCUT2D eigenvalue weighted by atomic mass is 9.91. The number of urea groups is 1. The van der Waals surface area contributed by atoms with Crippen LogP contribution in [0.2, 0.25) is 0 Å². The molecule has 9 N–H and O–H groups in total. The molecule has 0 unspecified atom stereocenters. The topological polar surface area (TPSA) is 314 Å². The van der Waals surface area contributed by atoms with Crippen molar-refractivity contribution < 1.29 is 44.3 Å². The summed E-state index contributed by atoms with van der Waals surface area (Å²) >= 11 is 0. The molecule has 27 nitrogen and oxygen atoms in total. The van der Waals surface area contributed by atoms with Gasteiger partial charge in [0, 0.05) is 82.6 Å². The summed E-state index contributed by atoms with van der Waals surface area (Å²) < 4.78 is 15.1. The third kappa shape index (κ3) is 10.6. The summed E-state index contributed by atoms with van der Waals surface area (Å²) in [4.78, 5) is 79.0. The van der Waals surface area contributed by atoms with Crippen LogP contribution in [0.3, 0.4) is 0 Å². The van der Waals surface area contributed by atoms with Gasteiger partial charge >= 0.3 is 6.03 Å². The first-order valence-electron chi connectivity index (χ1n) is 26.6. The molecule has 0 radical (unpaired) electrons. The highest BCUT2D eigenvalue weighted by Crippen LogP contribution is 2.37. The van der Waals surface area contributed by atoms with Crippen LogP contribution in [0.25, 0.3) is 22.3 Å². The van der Waals surface area contributed by atoms with Crippen LogP contribution < -0.4 is 36.4 Å². The number of carbonyl (C=O) groups excluding carboxylic acids is 3. The van der Waals surface area contributed by atoms with E-state index in [-0.39, 0.29) is 24.2 Å². The number of aliphatic hydroxyl groups is 4. The number of likely N-dealkylation sites (N-methyl/N-ethyl adjacent to an activating group) is 4. The number of imidazole rings is 2. The Bertz CT molecular complexity index is 2670. The van der Waals surface area contributed by atoms with Crippen LogP contribution in [-0.4, -0.2) is 239 Å².